The molecule has 10 nitrogen and oxygen atoms in total. The summed E-state index contributed by atoms with van der Waals surface area (Å²) < 4.78 is 24.2. The largest absolute Gasteiger partial charge is 0.466 e. The van der Waals surface area contributed by atoms with Gasteiger partial charge in [-0.2, -0.15) is 0 Å². The van der Waals surface area contributed by atoms with Gasteiger partial charge < -0.3 is 28.3 Å². The highest BCUT2D eigenvalue weighted by Gasteiger charge is 2.20. The van der Waals surface area contributed by atoms with Crippen molar-refractivity contribution in [3.8, 4) is 5.75 Å². The maximum Gasteiger partial charge on any atom is 0.466 e. The van der Waals surface area contributed by atoms with E-state index in [1.807, 2.05) is 0 Å². The van der Waals surface area contributed by atoms with E-state index in [0.717, 1.165) is 0 Å². The second kappa shape index (κ2) is 8.66. The van der Waals surface area contributed by atoms with Crippen LogP contribution in [-0.4, -0.2) is 33.8 Å². The molecule has 22 heavy (non-hydrogen) atoms. The Bertz CT molecular complexity index is 601. The zero-order chi connectivity index (χ0) is 17.6. The van der Waals surface area contributed by atoms with E-state index in [9.17, 15) is 10.1 Å². The molecule has 0 spiro atoms. The lowest BCUT2D eigenvalue weighted by Crippen LogP contribution is -1.98. The van der Waals surface area contributed by atoms with Gasteiger partial charge in [-0.3, -0.25) is 10.1 Å². The van der Waals surface area contributed by atoms with Crippen LogP contribution < -0.4 is 4.52 Å². The summed E-state index contributed by atoms with van der Waals surface area (Å²) in [4.78, 5) is 31.7. The number of nitrogens with zero attached hydrogens (tertiary/aromatic N) is 1. The maximum absolute atomic E-state index is 10.6. The van der Waals surface area contributed by atoms with E-state index in [4.69, 9.17) is 44.6 Å². The Morgan fingerprint density at radius 2 is 1.68 bits per heavy atom. The third-order valence-electron chi connectivity index (χ3n) is 2.03. The molecule has 0 fully saturated rings. The fourth-order valence-electron chi connectivity index (χ4n) is 1.17. The van der Waals surface area contributed by atoms with E-state index in [-0.39, 0.29) is 5.69 Å². The van der Waals surface area contributed by atoms with Crippen molar-refractivity contribution in [1.82, 2.24) is 0 Å². The molecule has 0 saturated carbocycles. The zero-order valence-corrected chi connectivity index (χ0v) is 14.4. The van der Waals surface area contributed by atoms with Crippen LogP contribution in [0.3, 0.4) is 0 Å². The lowest BCUT2D eigenvalue weighted by Gasteiger charge is -2.18. The van der Waals surface area contributed by atoms with E-state index in [2.05, 4.69) is 0 Å². The lowest BCUT2D eigenvalue weighted by molar-refractivity contribution is -0.385. The number of benzene rings is 1. The first-order valence-electron chi connectivity index (χ1n) is 5.36. The second-order valence-corrected chi connectivity index (χ2v) is 7.80. The molecule has 3 N–H and O–H groups in total. The molecule has 0 unspecified atom stereocenters. The van der Waals surface area contributed by atoms with Crippen molar-refractivity contribution in [3.05, 3.63) is 33.9 Å². The number of hydrogen-bond donors (Lipinski definition) is 3. The van der Waals surface area contributed by atoms with Crippen molar-refractivity contribution in [2.45, 2.75) is 6.92 Å². The molecule has 0 heterocycles. The summed E-state index contributed by atoms with van der Waals surface area (Å²) in [5.74, 6) is 0.389. The molecule has 0 aliphatic carbocycles. The topological polar surface area (TPSA) is 149 Å². The number of phosphoric acid groups is 1. The van der Waals surface area contributed by atoms with Gasteiger partial charge in [0.2, 0.25) is 0 Å². The van der Waals surface area contributed by atoms with Crippen molar-refractivity contribution < 1.29 is 37.7 Å². The van der Waals surface area contributed by atoms with Gasteiger partial charge in [-0.1, -0.05) is 0 Å². The van der Waals surface area contributed by atoms with Gasteiger partial charge in [0.25, 0.3) is 5.69 Å². The van der Waals surface area contributed by atoms with Gasteiger partial charge in [0.15, 0.2) is 0 Å². The van der Waals surface area contributed by atoms with Gasteiger partial charge in [0.05, 0.1) is 4.92 Å². The Morgan fingerprint density at radius 3 is 2.00 bits per heavy atom. The predicted octanol–water partition coefficient (Wildman–Crippen LogP) is 1.87. The summed E-state index contributed by atoms with van der Waals surface area (Å²) in [6.45, 7) is -1.18. The first kappa shape index (κ1) is 21.1. The molecule has 126 valence electrons. The van der Waals surface area contributed by atoms with Crippen LogP contribution in [0.2, 0.25) is 0 Å². The average molecular weight is 375 g/mol. The minimum atomic E-state index is -4.64. The second-order valence-electron chi connectivity index (χ2n) is 3.62. The zero-order valence-electron chi connectivity index (χ0n) is 11.8. The third kappa shape index (κ3) is 8.52. The predicted molar refractivity (Wildman–Crippen MR) is 81.0 cm³/mol. The minimum absolute atomic E-state index is 0.0282. The van der Waals surface area contributed by atoms with Gasteiger partial charge in [-0.25, -0.2) is 4.57 Å². The SMILES string of the molecule is COP(=S)(OC)Oc1ccc([N+](=O)[O-])c(C)c1.O=P(O)(O)O. The van der Waals surface area contributed by atoms with E-state index in [1.165, 1.54) is 32.4 Å². The van der Waals surface area contributed by atoms with Crippen molar-refractivity contribution in [2.75, 3.05) is 14.2 Å². The van der Waals surface area contributed by atoms with Crippen molar-refractivity contribution in [2.24, 2.45) is 0 Å². The number of nitro groups is 1. The number of nitro benzene ring substituents is 1. The number of rotatable bonds is 5. The highest BCUT2D eigenvalue weighted by molar-refractivity contribution is 8.07. The molecule has 0 aliphatic heterocycles. The van der Waals surface area contributed by atoms with Crippen LogP contribution in [0, 0.1) is 17.0 Å². The minimum Gasteiger partial charge on any atom is -0.424 e. The summed E-state index contributed by atoms with van der Waals surface area (Å²) >= 11 is 5.02. The van der Waals surface area contributed by atoms with E-state index < -0.39 is 19.5 Å². The maximum atomic E-state index is 10.6. The van der Waals surface area contributed by atoms with Crippen molar-refractivity contribution >= 4 is 32.0 Å². The molecule has 0 aromatic heterocycles. The summed E-state index contributed by atoms with van der Waals surface area (Å²) in [7, 11) is -1.86. The number of hydrogen-bond acceptors (Lipinski definition) is 7. The molecule has 13 heteroatoms. The molecule has 0 aliphatic rings. The third-order valence-corrected chi connectivity index (χ3v) is 4.48. The standard InChI is InChI=1S/C9H12NO5PS.H3O4P/c1-7-6-8(4-5-9(7)10(11)12)15-16(17,13-2)14-3;1-5(2,3)4/h4-6H,1-3H3;(H3,1,2,3,4). The summed E-state index contributed by atoms with van der Waals surface area (Å²) in [5, 5.41) is 10.6. The quantitative estimate of drug-likeness (QED) is 0.395. The van der Waals surface area contributed by atoms with Crippen LogP contribution in [0.25, 0.3) is 0 Å². The highest BCUT2D eigenvalue weighted by Crippen LogP contribution is 2.48. The Morgan fingerprint density at radius 1 is 1.23 bits per heavy atom. The smallest absolute Gasteiger partial charge is 0.424 e. The normalized spacial score (nSPS) is 11.4. The monoisotopic (exact) mass is 375 g/mol. The number of aryl methyl sites for hydroxylation is 1. The molecule has 1 rings (SSSR count). The molecule has 1 aromatic carbocycles. The highest BCUT2D eigenvalue weighted by atomic mass is 32.5. The molecule has 0 radical (unpaired) electrons. The lowest BCUT2D eigenvalue weighted by atomic mass is 10.2. The molecule has 0 bridgehead atoms. The average Bonchev–Trinajstić information content (AvgIpc) is 2.36. The molecule has 0 amide bonds. The first-order valence-corrected chi connectivity index (χ1v) is 9.48. The summed E-state index contributed by atoms with van der Waals surface area (Å²) in [6, 6.07) is 4.34. The van der Waals surface area contributed by atoms with Crippen molar-refractivity contribution in [3.63, 3.8) is 0 Å². The van der Waals surface area contributed by atoms with Gasteiger partial charge in [0, 0.05) is 37.7 Å². The molecule has 0 saturated heterocycles. The van der Waals surface area contributed by atoms with Gasteiger partial charge in [-0.05, 0) is 19.1 Å². The molecular formula is C9H15NO9P2S. The fourth-order valence-corrected chi connectivity index (χ4v) is 2.10. The van der Waals surface area contributed by atoms with Gasteiger partial charge in [0.1, 0.15) is 5.75 Å². The van der Waals surface area contributed by atoms with Crippen LogP contribution in [-0.2, 0) is 25.4 Å². The van der Waals surface area contributed by atoms with E-state index in [1.54, 1.807) is 6.92 Å². The van der Waals surface area contributed by atoms with Crippen molar-refractivity contribution in [1.29, 1.82) is 0 Å². The summed E-state index contributed by atoms with van der Waals surface area (Å²) in [5.41, 5.74) is 0.516. The Hall–Kier alpha value is -0.900. The molecule has 0 atom stereocenters. The van der Waals surface area contributed by atoms with Gasteiger partial charge in [-0.15, -0.1) is 0 Å². The fraction of sp³-hybridized carbons (Fsp3) is 0.333. The Kier molecular flexibility index (Phi) is 8.30. The molecular weight excluding hydrogens is 360 g/mol. The van der Waals surface area contributed by atoms with Crippen LogP contribution in [0.4, 0.5) is 5.69 Å². The van der Waals surface area contributed by atoms with Gasteiger partial charge >= 0.3 is 14.5 Å². The first-order chi connectivity index (χ1) is 9.91. The summed E-state index contributed by atoms with van der Waals surface area (Å²) in [6.07, 6.45) is 0. The van der Waals surface area contributed by atoms with E-state index >= 15 is 0 Å². The Balaban J connectivity index is 0.000000763. The van der Waals surface area contributed by atoms with Crippen LogP contribution >= 0.6 is 14.5 Å². The van der Waals surface area contributed by atoms with E-state index in [0.29, 0.717) is 11.3 Å². The molecule has 1 aromatic rings. The Labute approximate surface area is 131 Å². The van der Waals surface area contributed by atoms with Crippen LogP contribution in [0.1, 0.15) is 5.56 Å². The van der Waals surface area contributed by atoms with Crippen LogP contribution in [0.15, 0.2) is 18.2 Å². The van der Waals surface area contributed by atoms with Crippen LogP contribution in [0.5, 0.6) is 5.75 Å².